The Bertz CT molecular complexity index is 1140. The third-order valence-electron chi connectivity index (χ3n) is 5.82. The maximum Gasteiger partial charge on any atom is 0.200 e. The van der Waals surface area contributed by atoms with Gasteiger partial charge in [0.1, 0.15) is 24.0 Å². The minimum atomic E-state index is -0.336. The molecule has 0 N–H and O–H groups in total. The van der Waals surface area contributed by atoms with Gasteiger partial charge in [0.15, 0.2) is 18.2 Å². The SMILES string of the molecule is CN1CCCN(C2OC2OC(C)(C)C)CCOc2ccc(F)c(c2)-c2cnn3ccc1nc23. The van der Waals surface area contributed by atoms with E-state index in [1.807, 2.05) is 40.1 Å². The van der Waals surface area contributed by atoms with Crippen LogP contribution in [-0.2, 0) is 9.47 Å². The lowest BCUT2D eigenvalue weighted by Crippen LogP contribution is -2.36. The Hall–Kier alpha value is -2.75. The van der Waals surface area contributed by atoms with E-state index in [1.165, 1.54) is 6.07 Å². The molecule has 2 atom stereocenters. The molecule has 4 bridgehead atoms. The third kappa shape index (κ3) is 4.80. The second kappa shape index (κ2) is 8.55. The van der Waals surface area contributed by atoms with E-state index in [4.69, 9.17) is 19.2 Å². The number of hydrogen-bond donors (Lipinski definition) is 0. The predicted molar refractivity (Wildman–Crippen MR) is 123 cm³/mol. The summed E-state index contributed by atoms with van der Waals surface area (Å²) in [5.74, 6) is 1.08. The average Bonchev–Trinajstić information content (AvgIpc) is 3.37. The van der Waals surface area contributed by atoms with Gasteiger partial charge in [-0.2, -0.15) is 5.10 Å². The first kappa shape index (κ1) is 22.1. The highest BCUT2D eigenvalue weighted by Crippen LogP contribution is 2.32. The Labute approximate surface area is 192 Å². The van der Waals surface area contributed by atoms with Crippen molar-refractivity contribution >= 4 is 11.5 Å². The summed E-state index contributed by atoms with van der Waals surface area (Å²) in [5.41, 5.74) is 1.40. The monoisotopic (exact) mass is 455 g/mol. The van der Waals surface area contributed by atoms with Gasteiger partial charge in [0, 0.05) is 44.0 Å². The molecule has 176 valence electrons. The van der Waals surface area contributed by atoms with Gasteiger partial charge < -0.3 is 19.1 Å². The first-order valence-corrected chi connectivity index (χ1v) is 11.3. The third-order valence-corrected chi connectivity index (χ3v) is 5.82. The summed E-state index contributed by atoms with van der Waals surface area (Å²) in [6, 6.07) is 6.72. The minimum absolute atomic E-state index is 0.0836. The Balaban J connectivity index is 1.43. The maximum atomic E-state index is 14.8. The number of fused-ring (bicyclic) bond motifs is 4. The maximum absolute atomic E-state index is 14.8. The van der Waals surface area contributed by atoms with Crippen LogP contribution < -0.4 is 9.64 Å². The molecule has 0 saturated carbocycles. The topological polar surface area (TPSA) is 67.7 Å². The fraction of sp³-hybridized carbons (Fsp3) is 0.500. The smallest absolute Gasteiger partial charge is 0.200 e. The standard InChI is InChI=1S/C24H30FN5O3/c1-24(2,3)33-23-22(32-23)29-10-5-9-28(4)20-8-11-30-21(27-20)18(15-26-30)17-14-16(31-13-12-29)6-7-19(17)25/h6-8,11,14-15,22-23H,5,9-10,12-13H2,1-4H3. The van der Waals surface area contributed by atoms with Gasteiger partial charge in [0.05, 0.1) is 11.8 Å². The van der Waals surface area contributed by atoms with Crippen LogP contribution in [0.5, 0.6) is 5.75 Å². The van der Waals surface area contributed by atoms with Crippen molar-refractivity contribution in [2.24, 2.45) is 0 Å². The van der Waals surface area contributed by atoms with E-state index >= 15 is 0 Å². The first-order valence-electron chi connectivity index (χ1n) is 11.3. The lowest BCUT2D eigenvalue weighted by molar-refractivity contribution is -0.0578. The molecule has 0 aliphatic carbocycles. The number of rotatable bonds is 2. The first-order chi connectivity index (χ1) is 15.8. The van der Waals surface area contributed by atoms with Gasteiger partial charge in [-0.05, 0) is 51.5 Å². The molecule has 8 nitrogen and oxygen atoms in total. The number of ether oxygens (including phenoxy) is 3. The van der Waals surface area contributed by atoms with E-state index in [-0.39, 0.29) is 23.9 Å². The van der Waals surface area contributed by atoms with E-state index in [0.29, 0.717) is 35.7 Å². The van der Waals surface area contributed by atoms with Crippen molar-refractivity contribution in [3.05, 3.63) is 42.5 Å². The summed E-state index contributed by atoms with van der Waals surface area (Å²) >= 11 is 0. The Kier molecular flexibility index (Phi) is 5.72. The predicted octanol–water partition coefficient (Wildman–Crippen LogP) is 3.55. The van der Waals surface area contributed by atoms with Crippen LogP contribution in [0.1, 0.15) is 27.2 Å². The van der Waals surface area contributed by atoms with Crippen LogP contribution in [0.3, 0.4) is 0 Å². The van der Waals surface area contributed by atoms with Gasteiger partial charge in [-0.25, -0.2) is 13.9 Å². The second-order valence-electron chi connectivity index (χ2n) is 9.54. The van der Waals surface area contributed by atoms with Crippen molar-refractivity contribution in [3.63, 3.8) is 0 Å². The summed E-state index contributed by atoms with van der Waals surface area (Å²) in [6.45, 7) is 8.85. The molecule has 9 heteroatoms. The molecule has 0 amide bonds. The van der Waals surface area contributed by atoms with Gasteiger partial charge >= 0.3 is 0 Å². The zero-order valence-electron chi connectivity index (χ0n) is 19.5. The van der Waals surface area contributed by atoms with E-state index < -0.39 is 0 Å². The fourth-order valence-electron chi connectivity index (χ4n) is 4.12. The molecule has 4 heterocycles. The molecule has 0 radical (unpaired) electrons. The van der Waals surface area contributed by atoms with Crippen molar-refractivity contribution in [2.45, 2.75) is 45.3 Å². The average molecular weight is 456 g/mol. The molecule has 0 spiro atoms. The van der Waals surface area contributed by atoms with Crippen LogP contribution >= 0.6 is 0 Å². The molecular formula is C24H30FN5O3. The number of anilines is 1. The Morgan fingerprint density at radius 1 is 1.12 bits per heavy atom. The van der Waals surface area contributed by atoms with Crippen LogP contribution in [0.25, 0.3) is 16.8 Å². The summed E-state index contributed by atoms with van der Waals surface area (Å²) in [4.78, 5) is 9.14. The zero-order valence-corrected chi connectivity index (χ0v) is 19.5. The molecule has 2 aromatic heterocycles. The van der Waals surface area contributed by atoms with E-state index in [2.05, 4.69) is 14.9 Å². The number of hydrogen-bond acceptors (Lipinski definition) is 7. The highest BCUT2D eigenvalue weighted by molar-refractivity contribution is 5.78. The molecule has 2 aliphatic heterocycles. The quantitative estimate of drug-likeness (QED) is 0.548. The number of aromatic nitrogens is 3. The van der Waals surface area contributed by atoms with Gasteiger partial charge in [-0.3, -0.25) is 4.90 Å². The molecule has 2 aliphatic rings. The minimum Gasteiger partial charge on any atom is -0.492 e. The van der Waals surface area contributed by atoms with Crippen molar-refractivity contribution in [3.8, 4) is 16.9 Å². The molecule has 1 saturated heterocycles. The zero-order chi connectivity index (χ0) is 23.2. The van der Waals surface area contributed by atoms with Gasteiger partial charge in [-0.1, -0.05) is 0 Å². The van der Waals surface area contributed by atoms with Crippen molar-refractivity contribution in [1.29, 1.82) is 0 Å². The number of nitrogens with zero attached hydrogens (tertiary/aromatic N) is 5. The second-order valence-corrected chi connectivity index (χ2v) is 9.54. The number of epoxide rings is 1. The normalized spacial score (nSPS) is 22.2. The van der Waals surface area contributed by atoms with Gasteiger partial charge in [0.2, 0.25) is 0 Å². The summed E-state index contributed by atoms with van der Waals surface area (Å²) in [7, 11) is 2.01. The Morgan fingerprint density at radius 3 is 2.79 bits per heavy atom. The van der Waals surface area contributed by atoms with Crippen LogP contribution in [0.4, 0.5) is 10.2 Å². The van der Waals surface area contributed by atoms with Crippen LogP contribution in [0.15, 0.2) is 36.7 Å². The molecule has 33 heavy (non-hydrogen) atoms. The summed E-state index contributed by atoms with van der Waals surface area (Å²) in [6.07, 6.45) is 4.10. The fourth-order valence-corrected chi connectivity index (χ4v) is 4.12. The summed E-state index contributed by atoms with van der Waals surface area (Å²) < 4.78 is 34.3. The van der Waals surface area contributed by atoms with Crippen molar-refractivity contribution in [1.82, 2.24) is 19.5 Å². The van der Waals surface area contributed by atoms with Crippen LogP contribution in [0, 0.1) is 5.82 Å². The lowest BCUT2D eigenvalue weighted by atomic mass is 10.1. The highest BCUT2D eigenvalue weighted by atomic mass is 19.1. The lowest BCUT2D eigenvalue weighted by Gasteiger charge is -2.24. The number of benzene rings is 1. The molecule has 3 aromatic rings. The molecule has 1 fully saturated rings. The molecular weight excluding hydrogens is 425 g/mol. The van der Waals surface area contributed by atoms with Gasteiger partial charge in [0.25, 0.3) is 0 Å². The van der Waals surface area contributed by atoms with E-state index in [1.54, 1.807) is 22.8 Å². The van der Waals surface area contributed by atoms with Gasteiger partial charge in [-0.15, -0.1) is 0 Å². The Morgan fingerprint density at radius 2 is 1.97 bits per heavy atom. The largest absolute Gasteiger partial charge is 0.492 e. The van der Waals surface area contributed by atoms with E-state index in [0.717, 1.165) is 25.3 Å². The van der Waals surface area contributed by atoms with Crippen LogP contribution in [-0.4, -0.2) is 70.9 Å². The molecule has 1 aromatic carbocycles. The molecule has 2 unspecified atom stereocenters. The van der Waals surface area contributed by atoms with E-state index in [9.17, 15) is 4.39 Å². The summed E-state index contributed by atoms with van der Waals surface area (Å²) in [5, 5.41) is 4.35. The number of halogens is 1. The van der Waals surface area contributed by atoms with Crippen molar-refractivity contribution in [2.75, 3.05) is 38.2 Å². The highest BCUT2D eigenvalue weighted by Gasteiger charge is 2.46. The van der Waals surface area contributed by atoms with Crippen molar-refractivity contribution < 1.29 is 18.6 Å². The van der Waals surface area contributed by atoms with Crippen LogP contribution in [0.2, 0.25) is 0 Å². The molecule has 5 rings (SSSR count).